The molecule has 3 rings (SSSR count). The minimum absolute atomic E-state index is 0.0435. The van der Waals surface area contributed by atoms with Gasteiger partial charge in [0, 0.05) is 38.5 Å². The minimum Gasteiger partial charge on any atom is -0.339 e. The van der Waals surface area contributed by atoms with Crippen LogP contribution in [0.15, 0.2) is 28.8 Å². The lowest BCUT2D eigenvalue weighted by Gasteiger charge is -2.28. The largest absolute Gasteiger partial charge is 0.339 e. The molecule has 0 aliphatic carbocycles. The molecule has 0 bridgehead atoms. The summed E-state index contributed by atoms with van der Waals surface area (Å²) in [5, 5.41) is 10.0. The SMILES string of the molecule is CNC(C)Cc1noc(CCNC(=O)N2CCc3ccccc3C2)n1. The van der Waals surface area contributed by atoms with E-state index in [0.717, 1.165) is 19.4 Å². The molecule has 7 heteroatoms. The van der Waals surface area contributed by atoms with Crippen LogP contribution < -0.4 is 10.6 Å². The second kappa shape index (κ2) is 8.11. The average Bonchev–Trinajstić information content (AvgIpc) is 3.08. The average molecular weight is 343 g/mol. The van der Waals surface area contributed by atoms with Crippen molar-refractivity contribution < 1.29 is 9.32 Å². The van der Waals surface area contributed by atoms with Crippen LogP contribution in [0.25, 0.3) is 0 Å². The van der Waals surface area contributed by atoms with Crippen molar-refractivity contribution in [3.05, 3.63) is 47.1 Å². The van der Waals surface area contributed by atoms with E-state index in [-0.39, 0.29) is 6.03 Å². The first-order valence-corrected chi connectivity index (χ1v) is 8.74. The number of amides is 2. The van der Waals surface area contributed by atoms with E-state index in [4.69, 9.17) is 4.52 Å². The van der Waals surface area contributed by atoms with Gasteiger partial charge in [-0.3, -0.25) is 0 Å². The van der Waals surface area contributed by atoms with Gasteiger partial charge in [-0.25, -0.2) is 4.79 Å². The van der Waals surface area contributed by atoms with Crippen molar-refractivity contribution in [1.82, 2.24) is 25.7 Å². The number of rotatable bonds is 6. The first kappa shape index (κ1) is 17.4. The van der Waals surface area contributed by atoms with Crippen molar-refractivity contribution >= 4 is 6.03 Å². The number of fused-ring (bicyclic) bond motifs is 1. The van der Waals surface area contributed by atoms with Crippen LogP contribution in [0.3, 0.4) is 0 Å². The zero-order chi connectivity index (χ0) is 17.6. The standard InChI is InChI=1S/C18H25N5O2/c1-13(19-2)11-16-21-17(25-22-16)7-9-20-18(24)23-10-8-14-5-3-4-6-15(14)12-23/h3-6,13,19H,7-12H2,1-2H3,(H,20,24). The van der Waals surface area contributed by atoms with Crippen LogP contribution in [0, 0.1) is 0 Å². The molecular formula is C18H25N5O2. The molecule has 25 heavy (non-hydrogen) atoms. The summed E-state index contributed by atoms with van der Waals surface area (Å²) in [6.07, 6.45) is 2.16. The van der Waals surface area contributed by atoms with Crippen molar-refractivity contribution in [3.8, 4) is 0 Å². The van der Waals surface area contributed by atoms with Crippen molar-refractivity contribution in [2.45, 2.75) is 38.8 Å². The highest BCUT2D eigenvalue weighted by Gasteiger charge is 2.20. The van der Waals surface area contributed by atoms with Crippen molar-refractivity contribution in [3.63, 3.8) is 0 Å². The number of carbonyl (C=O) groups is 1. The van der Waals surface area contributed by atoms with Crippen molar-refractivity contribution in [1.29, 1.82) is 0 Å². The number of aromatic nitrogens is 2. The lowest BCUT2D eigenvalue weighted by molar-refractivity contribution is 0.192. The third-order valence-corrected chi connectivity index (χ3v) is 4.52. The monoisotopic (exact) mass is 343 g/mol. The summed E-state index contributed by atoms with van der Waals surface area (Å²) >= 11 is 0. The van der Waals surface area contributed by atoms with E-state index in [0.29, 0.717) is 37.3 Å². The van der Waals surface area contributed by atoms with Gasteiger partial charge in [-0.1, -0.05) is 29.4 Å². The van der Waals surface area contributed by atoms with Crippen LogP contribution >= 0.6 is 0 Å². The van der Waals surface area contributed by atoms with Gasteiger partial charge in [0.1, 0.15) is 0 Å². The van der Waals surface area contributed by atoms with Gasteiger partial charge >= 0.3 is 6.03 Å². The normalized spacial score (nSPS) is 14.9. The van der Waals surface area contributed by atoms with Crippen LogP contribution in [-0.4, -0.2) is 47.3 Å². The van der Waals surface area contributed by atoms with E-state index in [1.165, 1.54) is 11.1 Å². The van der Waals surface area contributed by atoms with E-state index < -0.39 is 0 Å². The lowest BCUT2D eigenvalue weighted by Crippen LogP contribution is -2.43. The van der Waals surface area contributed by atoms with E-state index >= 15 is 0 Å². The van der Waals surface area contributed by atoms with Gasteiger partial charge in [0.2, 0.25) is 5.89 Å². The first-order chi connectivity index (χ1) is 12.2. The highest BCUT2D eigenvalue weighted by Crippen LogP contribution is 2.18. The number of nitrogens with zero attached hydrogens (tertiary/aromatic N) is 3. The molecule has 1 aliphatic heterocycles. The number of hydrogen-bond donors (Lipinski definition) is 2. The fraction of sp³-hybridized carbons (Fsp3) is 0.500. The molecule has 0 saturated carbocycles. The molecule has 0 spiro atoms. The second-order valence-electron chi connectivity index (χ2n) is 6.42. The van der Waals surface area contributed by atoms with Gasteiger partial charge in [-0.2, -0.15) is 4.98 Å². The molecule has 1 aromatic heterocycles. The molecule has 0 saturated heterocycles. The van der Waals surface area contributed by atoms with E-state index in [9.17, 15) is 4.79 Å². The van der Waals surface area contributed by atoms with Crippen LogP contribution in [0.4, 0.5) is 4.79 Å². The summed E-state index contributed by atoms with van der Waals surface area (Å²) in [4.78, 5) is 18.5. The first-order valence-electron chi connectivity index (χ1n) is 8.74. The topological polar surface area (TPSA) is 83.3 Å². The maximum Gasteiger partial charge on any atom is 0.317 e. The van der Waals surface area contributed by atoms with Gasteiger partial charge < -0.3 is 20.1 Å². The van der Waals surface area contributed by atoms with Gasteiger partial charge in [0.05, 0.1) is 0 Å². The molecule has 0 fully saturated rings. The van der Waals surface area contributed by atoms with E-state index in [1.54, 1.807) is 0 Å². The van der Waals surface area contributed by atoms with Crippen LogP contribution in [0.2, 0.25) is 0 Å². The molecule has 1 atom stereocenters. The van der Waals surface area contributed by atoms with Gasteiger partial charge in [0.25, 0.3) is 0 Å². The molecule has 2 heterocycles. The highest BCUT2D eigenvalue weighted by molar-refractivity contribution is 5.74. The maximum absolute atomic E-state index is 12.3. The van der Waals surface area contributed by atoms with Crippen LogP contribution in [0.5, 0.6) is 0 Å². The summed E-state index contributed by atoms with van der Waals surface area (Å²) in [5.74, 6) is 1.25. The number of nitrogens with one attached hydrogen (secondary N) is 2. The third kappa shape index (κ3) is 4.57. The molecule has 2 amide bonds. The number of carbonyl (C=O) groups excluding carboxylic acids is 1. The Hall–Kier alpha value is -2.41. The smallest absolute Gasteiger partial charge is 0.317 e. The predicted molar refractivity (Wildman–Crippen MR) is 94.2 cm³/mol. The molecule has 1 aliphatic rings. The molecule has 1 aromatic carbocycles. The van der Waals surface area contributed by atoms with Crippen LogP contribution in [0.1, 0.15) is 29.8 Å². The predicted octanol–water partition coefficient (Wildman–Crippen LogP) is 1.53. The molecule has 1 unspecified atom stereocenters. The Morgan fingerprint density at radius 1 is 1.36 bits per heavy atom. The Balaban J connectivity index is 1.44. The van der Waals surface area contributed by atoms with Crippen molar-refractivity contribution in [2.75, 3.05) is 20.1 Å². The second-order valence-corrected chi connectivity index (χ2v) is 6.42. The fourth-order valence-electron chi connectivity index (χ4n) is 2.91. The number of hydrogen-bond acceptors (Lipinski definition) is 5. The Labute approximate surface area is 147 Å². The molecule has 134 valence electrons. The Morgan fingerprint density at radius 2 is 2.16 bits per heavy atom. The van der Waals surface area contributed by atoms with E-state index in [2.05, 4.69) is 39.8 Å². The quantitative estimate of drug-likeness (QED) is 0.831. The molecule has 7 nitrogen and oxygen atoms in total. The Kier molecular flexibility index (Phi) is 5.65. The third-order valence-electron chi connectivity index (χ3n) is 4.52. The minimum atomic E-state index is -0.0435. The Morgan fingerprint density at radius 3 is 2.96 bits per heavy atom. The zero-order valence-corrected chi connectivity index (χ0v) is 14.8. The highest BCUT2D eigenvalue weighted by atomic mass is 16.5. The molecular weight excluding hydrogens is 318 g/mol. The van der Waals surface area contributed by atoms with Crippen molar-refractivity contribution in [2.24, 2.45) is 0 Å². The van der Waals surface area contributed by atoms with Gasteiger partial charge in [-0.05, 0) is 31.5 Å². The van der Waals surface area contributed by atoms with Gasteiger partial charge in [-0.15, -0.1) is 0 Å². The summed E-state index contributed by atoms with van der Waals surface area (Å²) in [6.45, 7) is 3.96. The number of urea groups is 1. The maximum atomic E-state index is 12.3. The lowest BCUT2D eigenvalue weighted by atomic mass is 10.0. The fourth-order valence-corrected chi connectivity index (χ4v) is 2.91. The zero-order valence-electron chi connectivity index (χ0n) is 14.8. The summed E-state index contributed by atoms with van der Waals surface area (Å²) in [7, 11) is 1.90. The molecule has 0 radical (unpaired) electrons. The summed E-state index contributed by atoms with van der Waals surface area (Å²) in [5.41, 5.74) is 2.56. The summed E-state index contributed by atoms with van der Waals surface area (Å²) in [6, 6.07) is 8.53. The van der Waals surface area contributed by atoms with Gasteiger partial charge in [0.15, 0.2) is 5.82 Å². The molecule has 2 aromatic rings. The van der Waals surface area contributed by atoms with Crippen LogP contribution in [-0.2, 0) is 25.8 Å². The number of likely N-dealkylation sites (N-methyl/N-ethyl adjacent to an activating group) is 1. The Bertz CT molecular complexity index is 715. The number of benzene rings is 1. The van der Waals surface area contributed by atoms with E-state index in [1.807, 2.05) is 24.1 Å². The molecule has 2 N–H and O–H groups in total. The summed E-state index contributed by atoms with van der Waals surface area (Å²) < 4.78 is 5.23.